The predicted octanol–water partition coefficient (Wildman–Crippen LogP) is 4.55. The van der Waals surface area contributed by atoms with Crippen molar-refractivity contribution in [2.45, 2.75) is 13.3 Å². The Hall–Kier alpha value is -2.07. The number of nitrogens with one attached hydrogen (secondary N) is 2. The summed E-state index contributed by atoms with van der Waals surface area (Å²) >= 11 is 5.70. The number of rotatable bonds is 5. The molecule has 0 unspecified atom stereocenters. The molecule has 0 aliphatic heterocycles. The maximum Gasteiger partial charge on any atom is 0.257 e. The monoisotopic (exact) mass is 306 g/mol. The van der Waals surface area contributed by atoms with Crippen LogP contribution in [0.5, 0.6) is 0 Å². The number of carbonyl (C=O) groups is 1. The summed E-state index contributed by atoms with van der Waals surface area (Å²) in [5.74, 6) is -1.01. The number of anilines is 2. The molecule has 0 aromatic heterocycles. The fourth-order valence-corrected chi connectivity index (χ4v) is 2.06. The molecule has 0 saturated heterocycles. The van der Waals surface area contributed by atoms with Crippen LogP contribution in [-0.2, 0) is 0 Å². The topological polar surface area (TPSA) is 41.1 Å². The second-order valence-electron chi connectivity index (χ2n) is 4.53. The molecule has 0 aliphatic rings. The number of halogens is 2. The van der Waals surface area contributed by atoms with Gasteiger partial charge in [0.05, 0.1) is 16.3 Å². The lowest BCUT2D eigenvalue weighted by molar-refractivity contribution is 0.102. The Balaban J connectivity index is 2.22. The Morgan fingerprint density at radius 3 is 2.62 bits per heavy atom. The first kappa shape index (κ1) is 15.3. The van der Waals surface area contributed by atoms with Gasteiger partial charge >= 0.3 is 0 Å². The van der Waals surface area contributed by atoms with Crippen molar-refractivity contribution in [2.24, 2.45) is 0 Å². The van der Waals surface area contributed by atoms with Crippen LogP contribution in [0.25, 0.3) is 0 Å². The van der Waals surface area contributed by atoms with Gasteiger partial charge in [-0.15, -0.1) is 0 Å². The minimum Gasteiger partial charge on any atom is -0.384 e. The number of para-hydroxylation sites is 1. The van der Waals surface area contributed by atoms with Gasteiger partial charge in [0.25, 0.3) is 5.91 Å². The molecule has 3 nitrogen and oxygen atoms in total. The molecule has 0 aliphatic carbocycles. The average molecular weight is 307 g/mol. The molecule has 2 aromatic rings. The van der Waals surface area contributed by atoms with Crippen LogP contribution in [-0.4, -0.2) is 12.5 Å². The maximum atomic E-state index is 13.8. The smallest absolute Gasteiger partial charge is 0.257 e. The maximum absolute atomic E-state index is 13.8. The van der Waals surface area contributed by atoms with E-state index in [0.29, 0.717) is 5.56 Å². The molecule has 0 heterocycles. The fraction of sp³-hybridized carbons (Fsp3) is 0.188. The van der Waals surface area contributed by atoms with E-state index in [1.807, 2.05) is 19.1 Å². The molecule has 0 bridgehead atoms. The second-order valence-corrected chi connectivity index (χ2v) is 4.94. The summed E-state index contributed by atoms with van der Waals surface area (Å²) in [6.45, 7) is 2.80. The summed E-state index contributed by atoms with van der Waals surface area (Å²) < 4.78 is 13.8. The highest BCUT2D eigenvalue weighted by Gasteiger charge is 2.14. The van der Waals surface area contributed by atoms with Crippen LogP contribution in [0.2, 0.25) is 5.02 Å². The Morgan fingerprint density at radius 1 is 1.14 bits per heavy atom. The summed E-state index contributed by atoms with van der Waals surface area (Å²) in [7, 11) is 0. The molecule has 0 fully saturated rings. The van der Waals surface area contributed by atoms with Crippen molar-refractivity contribution in [3.63, 3.8) is 0 Å². The third-order valence-corrected chi connectivity index (χ3v) is 3.23. The van der Waals surface area contributed by atoms with E-state index in [2.05, 4.69) is 10.6 Å². The highest BCUT2D eigenvalue weighted by atomic mass is 35.5. The molecule has 2 rings (SSSR count). The summed E-state index contributed by atoms with van der Waals surface area (Å²) in [5.41, 5.74) is 1.25. The Bertz CT molecular complexity index is 646. The lowest BCUT2D eigenvalue weighted by Gasteiger charge is -2.12. The summed E-state index contributed by atoms with van der Waals surface area (Å²) in [4.78, 5) is 12.3. The standard InChI is InChI=1S/C16H16ClFN2O/c1-2-10-19-13-8-4-3-6-11(13)16(21)20-14-9-5-7-12(17)15(14)18/h3-9,19H,2,10H2,1H3,(H,20,21). The van der Waals surface area contributed by atoms with Crippen molar-refractivity contribution in [1.82, 2.24) is 0 Å². The Morgan fingerprint density at radius 2 is 1.86 bits per heavy atom. The van der Waals surface area contributed by atoms with E-state index < -0.39 is 5.82 Å². The third kappa shape index (κ3) is 3.73. The van der Waals surface area contributed by atoms with Crippen LogP contribution in [0.3, 0.4) is 0 Å². The highest BCUT2D eigenvalue weighted by Crippen LogP contribution is 2.23. The first-order chi connectivity index (χ1) is 10.1. The molecule has 0 spiro atoms. The van der Waals surface area contributed by atoms with Crippen LogP contribution in [0, 0.1) is 5.82 Å². The van der Waals surface area contributed by atoms with Gasteiger partial charge in [-0.25, -0.2) is 4.39 Å². The van der Waals surface area contributed by atoms with Crippen molar-refractivity contribution in [3.8, 4) is 0 Å². The Kier molecular flexibility index (Phi) is 5.17. The van der Waals surface area contributed by atoms with E-state index in [9.17, 15) is 9.18 Å². The van der Waals surface area contributed by atoms with E-state index in [4.69, 9.17) is 11.6 Å². The van der Waals surface area contributed by atoms with Gasteiger partial charge in [-0.1, -0.05) is 36.7 Å². The van der Waals surface area contributed by atoms with E-state index in [-0.39, 0.29) is 16.6 Å². The Labute approximate surface area is 128 Å². The molecular formula is C16H16ClFN2O. The zero-order valence-electron chi connectivity index (χ0n) is 11.6. The molecule has 110 valence electrons. The molecule has 2 aromatic carbocycles. The number of hydrogen-bond donors (Lipinski definition) is 2. The minimum atomic E-state index is -0.633. The molecule has 1 amide bonds. The molecule has 0 radical (unpaired) electrons. The normalized spacial score (nSPS) is 10.2. The lowest BCUT2D eigenvalue weighted by Crippen LogP contribution is -2.16. The molecule has 0 saturated carbocycles. The zero-order valence-corrected chi connectivity index (χ0v) is 12.4. The van der Waals surface area contributed by atoms with E-state index in [1.165, 1.54) is 12.1 Å². The SMILES string of the molecule is CCCNc1ccccc1C(=O)Nc1cccc(Cl)c1F. The number of benzene rings is 2. The molecule has 0 atom stereocenters. The van der Waals surface area contributed by atoms with E-state index in [1.54, 1.807) is 18.2 Å². The minimum absolute atomic E-state index is 0.0230. The van der Waals surface area contributed by atoms with Crippen LogP contribution >= 0.6 is 11.6 Å². The van der Waals surface area contributed by atoms with E-state index in [0.717, 1.165) is 18.7 Å². The highest BCUT2D eigenvalue weighted by molar-refractivity contribution is 6.31. The van der Waals surface area contributed by atoms with Crippen molar-refractivity contribution in [3.05, 3.63) is 58.9 Å². The van der Waals surface area contributed by atoms with Gasteiger partial charge in [0.2, 0.25) is 0 Å². The largest absolute Gasteiger partial charge is 0.384 e. The van der Waals surface area contributed by atoms with Gasteiger partial charge < -0.3 is 10.6 Å². The number of carbonyl (C=O) groups excluding carboxylic acids is 1. The number of amides is 1. The van der Waals surface area contributed by atoms with Gasteiger partial charge in [-0.3, -0.25) is 4.79 Å². The van der Waals surface area contributed by atoms with Gasteiger partial charge in [0, 0.05) is 12.2 Å². The van der Waals surface area contributed by atoms with Crippen LogP contribution in [0.15, 0.2) is 42.5 Å². The molecule has 2 N–H and O–H groups in total. The van der Waals surface area contributed by atoms with Crippen LogP contribution in [0.1, 0.15) is 23.7 Å². The third-order valence-electron chi connectivity index (χ3n) is 2.94. The molecular weight excluding hydrogens is 291 g/mol. The van der Waals surface area contributed by atoms with Crippen molar-refractivity contribution in [1.29, 1.82) is 0 Å². The van der Waals surface area contributed by atoms with Gasteiger partial charge in [-0.05, 0) is 30.7 Å². The van der Waals surface area contributed by atoms with Crippen molar-refractivity contribution < 1.29 is 9.18 Å². The first-order valence-electron chi connectivity index (χ1n) is 6.71. The van der Waals surface area contributed by atoms with Crippen molar-refractivity contribution in [2.75, 3.05) is 17.2 Å². The summed E-state index contributed by atoms with van der Waals surface area (Å²) in [5, 5.41) is 5.70. The first-order valence-corrected chi connectivity index (χ1v) is 7.09. The van der Waals surface area contributed by atoms with Gasteiger partial charge in [0.1, 0.15) is 0 Å². The van der Waals surface area contributed by atoms with E-state index >= 15 is 0 Å². The fourth-order valence-electron chi connectivity index (χ4n) is 1.88. The molecule has 21 heavy (non-hydrogen) atoms. The summed E-state index contributed by atoms with van der Waals surface area (Å²) in [6.07, 6.45) is 0.943. The van der Waals surface area contributed by atoms with Crippen LogP contribution < -0.4 is 10.6 Å². The van der Waals surface area contributed by atoms with Crippen molar-refractivity contribution >= 4 is 28.9 Å². The van der Waals surface area contributed by atoms with Gasteiger partial charge in [-0.2, -0.15) is 0 Å². The summed E-state index contributed by atoms with van der Waals surface area (Å²) in [6, 6.07) is 11.6. The second kappa shape index (κ2) is 7.09. The quantitative estimate of drug-likeness (QED) is 0.850. The lowest BCUT2D eigenvalue weighted by atomic mass is 10.1. The average Bonchev–Trinajstić information content (AvgIpc) is 2.50. The zero-order chi connectivity index (χ0) is 15.2. The van der Waals surface area contributed by atoms with Crippen LogP contribution in [0.4, 0.5) is 15.8 Å². The number of hydrogen-bond acceptors (Lipinski definition) is 2. The molecule has 5 heteroatoms. The van der Waals surface area contributed by atoms with Gasteiger partial charge in [0.15, 0.2) is 5.82 Å². The predicted molar refractivity (Wildman–Crippen MR) is 84.6 cm³/mol.